The molecule has 0 saturated carbocycles. The van der Waals surface area contributed by atoms with E-state index in [-0.39, 0.29) is 12.0 Å². The number of allylic oxidation sites excluding steroid dienone is 2. The number of ether oxygens (including phenoxy) is 1. The van der Waals surface area contributed by atoms with Gasteiger partial charge in [-0.1, -0.05) is 146 Å². The zero-order chi connectivity index (χ0) is 33.0. The predicted molar refractivity (Wildman–Crippen MR) is 202 cm³/mol. The summed E-state index contributed by atoms with van der Waals surface area (Å²) < 4.78 is 13.3. The SMILES string of the molecule is C1=CC2c3cc4c(cc3OC2C(c2ccccc2)=C1)oc1c(-c2cccc(-c3nc(-c5ccccc5)cc(-c5ccccc5)n3)c2)cccc14. The molecule has 2 atom stereocenters. The Balaban J connectivity index is 1.05. The van der Waals surface area contributed by atoms with E-state index in [0.29, 0.717) is 5.82 Å². The minimum absolute atomic E-state index is 0.0570. The molecule has 6 aromatic carbocycles. The van der Waals surface area contributed by atoms with E-state index >= 15 is 0 Å². The molecule has 2 aliphatic rings. The van der Waals surface area contributed by atoms with E-state index in [4.69, 9.17) is 19.1 Å². The van der Waals surface area contributed by atoms with Crippen LogP contribution in [0.15, 0.2) is 174 Å². The Kier molecular flexibility index (Phi) is 6.59. The molecule has 2 unspecified atom stereocenters. The Morgan fingerprint density at radius 1 is 0.520 bits per heavy atom. The summed E-state index contributed by atoms with van der Waals surface area (Å²) in [5, 5.41) is 2.18. The van der Waals surface area contributed by atoms with E-state index in [1.165, 1.54) is 16.7 Å². The summed E-state index contributed by atoms with van der Waals surface area (Å²) in [5.41, 5.74) is 12.1. The maximum Gasteiger partial charge on any atom is 0.160 e. The molecule has 50 heavy (non-hydrogen) atoms. The molecule has 3 heterocycles. The van der Waals surface area contributed by atoms with Crippen molar-refractivity contribution in [2.75, 3.05) is 0 Å². The zero-order valence-electron chi connectivity index (χ0n) is 27.0. The molecule has 0 radical (unpaired) electrons. The molecule has 0 amide bonds. The standard InChI is InChI=1S/C46H30N2O2/c1-4-13-29(14-5-1)34-21-11-23-36-38-26-39-37-24-12-22-35(45(37)50-43(39)28-42(38)49-44(34)36)32-19-10-20-33(25-32)46-47-40(30-15-6-2-7-16-30)27-41(48-46)31-17-8-3-9-18-31/h1-28,36,44H. The van der Waals surface area contributed by atoms with Crippen LogP contribution in [0.4, 0.5) is 0 Å². The molecule has 8 aromatic rings. The number of fused-ring (bicyclic) bond motifs is 6. The van der Waals surface area contributed by atoms with E-state index in [9.17, 15) is 0 Å². The highest BCUT2D eigenvalue weighted by atomic mass is 16.5. The number of rotatable bonds is 5. The van der Waals surface area contributed by atoms with Gasteiger partial charge in [-0.05, 0) is 29.3 Å². The fourth-order valence-corrected chi connectivity index (χ4v) is 7.45. The van der Waals surface area contributed by atoms with Crippen LogP contribution in [0, 0.1) is 0 Å². The normalized spacial score (nSPS) is 16.2. The Bertz CT molecular complexity index is 2560. The molecule has 4 heteroatoms. The van der Waals surface area contributed by atoms with Gasteiger partial charge in [-0.25, -0.2) is 9.97 Å². The first-order chi connectivity index (χ1) is 24.8. The largest absolute Gasteiger partial charge is 0.484 e. The van der Waals surface area contributed by atoms with Gasteiger partial charge in [0, 0.05) is 56.1 Å². The second kappa shape index (κ2) is 11.6. The maximum absolute atomic E-state index is 6.68. The Morgan fingerprint density at radius 2 is 1.16 bits per heavy atom. The van der Waals surface area contributed by atoms with E-state index in [2.05, 4.69) is 127 Å². The average molecular weight is 643 g/mol. The second-order valence-electron chi connectivity index (χ2n) is 12.9. The molecular formula is C46H30N2O2. The molecule has 236 valence electrons. The van der Waals surface area contributed by atoms with Crippen molar-refractivity contribution in [1.29, 1.82) is 0 Å². The van der Waals surface area contributed by atoms with Gasteiger partial charge < -0.3 is 9.15 Å². The van der Waals surface area contributed by atoms with E-state index in [1.807, 2.05) is 42.5 Å². The minimum Gasteiger partial charge on any atom is -0.484 e. The summed E-state index contributed by atoms with van der Waals surface area (Å²) in [6.45, 7) is 0. The van der Waals surface area contributed by atoms with Crippen LogP contribution in [-0.2, 0) is 0 Å². The molecule has 4 nitrogen and oxygen atoms in total. The van der Waals surface area contributed by atoms with Crippen LogP contribution in [0.1, 0.15) is 17.0 Å². The first-order valence-corrected chi connectivity index (χ1v) is 17.0. The minimum atomic E-state index is -0.0570. The average Bonchev–Trinajstić information content (AvgIpc) is 3.75. The van der Waals surface area contributed by atoms with Crippen molar-refractivity contribution >= 4 is 27.5 Å². The van der Waals surface area contributed by atoms with Crippen molar-refractivity contribution in [1.82, 2.24) is 9.97 Å². The molecule has 1 aliphatic heterocycles. The lowest BCUT2D eigenvalue weighted by molar-refractivity contribution is 0.278. The van der Waals surface area contributed by atoms with Crippen LogP contribution in [0.2, 0.25) is 0 Å². The molecule has 10 rings (SSSR count). The van der Waals surface area contributed by atoms with Crippen molar-refractivity contribution in [2.24, 2.45) is 0 Å². The summed E-state index contributed by atoms with van der Waals surface area (Å²) in [7, 11) is 0. The first kappa shape index (κ1) is 28.5. The second-order valence-corrected chi connectivity index (χ2v) is 12.9. The molecule has 0 fully saturated rings. The van der Waals surface area contributed by atoms with E-state index in [1.54, 1.807) is 0 Å². The number of nitrogens with zero attached hydrogens (tertiary/aromatic N) is 2. The number of hydrogen-bond donors (Lipinski definition) is 0. The molecule has 2 aromatic heterocycles. The van der Waals surface area contributed by atoms with Gasteiger partial charge >= 0.3 is 0 Å². The summed E-state index contributed by atoms with van der Waals surface area (Å²) in [4.78, 5) is 10.1. The van der Waals surface area contributed by atoms with Gasteiger partial charge in [0.25, 0.3) is 0 Å². The van der Waals surface area contributed by atoms with Crippen LogP contribution >= 0.6 is 0 Å². The van der Waals surface area contributed by atoms with E-state index in [0.717, 1.165) is 66.9 Å². The number of hydrogen-bond acceptors (Lipinski definition) is 4. The summed E-state index contributed by atoms with van der Waals surface area (Å²) in [6, 6.07) is 52.3. The predicted octanol–water partition coefficient (Wildman–Crippen LogP) is 11.5. The van der Waals surface area contributed by atoms with Crippen LogP contribution in [0.25, 0.3) is 72.5 Å². The van der Waals surface area contributed by atoms with Crippen LogP contribution < -0.4 is 4.74 Å². The van der Waals surface area contributed by atoms with E-state index < -0.39 is 0 Å². The quantitative estimate of drug-likeness (QED) is 0.187. The number of para-hydroxylation sites is 1. The highest BCUT2D eigenvalue weighted by Crippen LogP contribution is 2.49. The fourth-order valence-electron chi connectivity index (χ4n) is 7.45. The molecular weight excluding hydrogens is 613 g/mol. The van der Waals surface area contributed by atoms with Crippen molar-refractivity contribution in [3.63, 3.8) is 0 Å². The summed E-state index contributed by atoms with van der Waals surface area (Å²) in [5.74, 6) is 1.71. The van der Waals surface area contributed by atoms with Gasteiger partial charge in [-0.3, -0.25) is 0 Å². The number of aromatic nitrogens is 2. The smallest absolute Gasteiger partial charge is 0.160 e. The molecule has 0 spiro atoms. The lowest BCUT2D eigenvalue weighted by Gasteiger charge is -2.23. The first-order valence-electron chi connectivity index (χ1n) is 17.0. The monoisotopic (exact) mass is 642 g/mol. The van der Waals surface area contributed by atoms with Crippen LogP contribution in [0.5, 0.6) is 5.75 Å². The van der Waals surface area contributed by atoms with Crippen molar-refractivity contribution in [2.45, 2.75) is 12.0 Å². The van der Waals surface area contributed by atoms with Gasteiger partial charge in [0.2, 0.25) is 0 Å². The van der Waals surface area contributed by atoms with Crippen molar-refractivity contribution < 1.29 is 9.15 Å². The Hall–Kier alpha value is -6.52. The highest BCUT2D eigenvalue weighted by Gasteiger charge is 2.37. The third-order valence-electron chi connectivity index (χ3n) is 9.87. The molecule has 0 N–H and O–H groups in total. The molecule has 0 saturated heterocycles. The highest BCUT2D eigenvalue weighted by molar-refractivity contribution is 6.10. The van der Waals surface area contributed by atoms with Gasteiger partial charge in [-0.2, -0.15) is 0 Å². The van der Waals surface area contributed by atoms with Crippen molar-refractivity contribution in [3.8, 4) is 50.8 Å². The maximum atomic E-state index is 6.68. The van der Waals surface area contributed by atoms with Gasteiger partial charge in [0.1, 0.15) is 23.0 Å². The van der Waals surface area contributed by atoms with Gasteiger partial charge in [0.05, 0.1) is 11.4 Å². The molecule has 1 aliphatic carbocycles. The number of furan rings is 1. The lowest BCUT2D eigenvalue weighted by atomic mass is 9.84. The Morgan fingerprint density at radius 3 is 1.88 bits per heavy atom. The lowest BCUT2D eigenvalue weighted by Crippen LogP contribution is -2.21. The zero-order valence-corrected chi connectivity index (χ0v) is 27.0. The topological polar surface area (TPSA) is 48.2 Å². The van der Waals surface area contributed by atoms with Crippen LogP contribution in [-0.4, -0.2) is 16.1 Å². The van der Waals surface area contributed by atoms with Crippen LogP contribution in [0.3, 0.4) is 0 Å². The summed E-state index contributed by atoms with van der Waals surface area (Å²) in [6.07, 6.45) is 6.53. The third-order valence-corrected chi connectivity index (χ3v) is 9.87. The number of benzene rings is 6. The summed E-state index contributed by atoms with van der Waals surface area (Å²) >= 11 is 0. The van der Waals surface area contributed by atoms with Gasteiger partial charge in [-0.15, -0.1) is 0 Å². The Labute approximate surface area is 289 Å². The fraction of sp³-hybridized carbons (Fsp3) is 0.0435. The molecule has 0 bridgehead atoms. The van der Waals surface area contributed by atoms with Crippen molar-refractivity contribution in [3.05, 3.63) is 181 Å². The third kappa shape index (κ3) is 4.76. The van der Waals surface area contributed by atoms with Gasteiger partial charge in [0.15, 0.2) is 5.82 Å².